The average molecular weight is 431 g/mol. The molecular formula is C19H15BrN2O3S. The molecule has 5 nitrogen and oxygen atoms in total. The number of carbonyl (C=O) groups is 1. The van der Waals surface area contributed by atoms with E-state index >= 15 is 0 Å². The Kier molecular flexibility index (Phi) is 5.39. The predicted octanol–water partition coefficient (Wildman–Crippen LogP) is 4.50. The van der Waals surface area contributed by atoms with Gasteiger partial charge in [-0.2, -0.15) is 0 Å². The summed E-state index contributed by atoms with van der Waals surface area (Å²) in [7, 11) is -3.79. The van der Waals surface area contributed by atoms with Gasteiger partial charge in [0, 0.05) is 4.47 Å². The lowest BCUT2D eigenvalue weighted by Gasteiger charge is -2.13. The van der Waals surface area contributed by atoms with Crippen molar-refractivity contribution >= 4 is 43.2 Å². The van der Waals surface area contributed by atoms with Gasteiger partial charge in [-0.15, -0.1) is 0 Å². The number of carbonyl (C=O) groups excluding carboxylic acids is 1. The highest BCUT2D eigenvalue weighted by Gasteiger charge is 2.18. The number of rotatable bonds is 5. The van der Waals surface area contributed by atoms with Crippen LogP contribution in [0.15, 0.2) is 88.2 Å². The molecule has 3 aromatic rings. The van der Waals surface area contributed by atoms with Gasteiger partial charge in [0.1, 0.15) is 0 Å². The molecule has 3 rings (SSSR count). The zero-order chi connectivity index (χ0) is 18.6. The minimum absolute atomic E-state index is 0.126. The van der Waals surface area contributed by atoms with Gasteiger partial charge in [-0.05, 0) is 52.3 Å². The summed E-state index contributed by atoms with van der Waals surface area (Å²) in [5.74, 6) is -0.414. The Morgan fingerprint density at radius 3 is 2.04 bits per heavy atom. The molecule has 0 heterocycles. The number of hydrogen-bond acceptors (Lipinski definition) is 3. The molecule has 0 saturated heterocycles. The van der Waals surface area contributed by atoms with Crippen LogP contribution in [-0.2, 0) is 10.0 Å². The van der Waals surface area contributed by atoms with Gasteiger partial charge in [-0.25, -0.2) is 8.42 Å². The molecule has 0 bridgehead atoms. The molecule has 0 aliphatic heterocycles. The fraction of sp³-hybridized carbons (Fsp3) is 0. The van der Waals surface area contributed by atoms with E-state index in [4.69, 9.17) is 0 Å². The number of para-hydroxylation sites is 2. The number of hydrogen-bond donors (Lipinski definition) is 2. The van der Waals surface area contributed by atoms with E-state index in [0.29, 0.717) is 5.69 Å². The van der Waals surface area contributed by atoms with E-state index in [1.807, 2.05) is 6.07 Å². The standard InChI is InChI=1S/C19H15BrN2O3S/c20-16-11-5-7-13-18(16)21-19(23)15-10-4-6-12-17(15)22-26(24,25)14-8-2-1-3-9-14/h1-13,22H,(H,21,23). The Bertz CT molecular complexity index is 1040. The number of benzene rings is 3. The SMILES string of the molecule is O=C(Nc1ccccc1Br)c1ccccc1NS(=O)(=O)c1ccccc1. The average Bonchev–Trinajstić information content (AvgIpc) is 2.64. The van der Waals surface area contributed by atoms with Crippen LogP contribution in [0, 0.1) is 0 Å². The maximum absolute atomic E-state index is 12.6. The molecule has 0 aromatic heterocycles. The fourth-order valence-electron chi connectivity index (χ4n) is 2.33. The van der Waals surface area contributed by atoms with Crippen molar-refractivity contribution in [3.63, 3.8) is 0 Å². The minimum atomic E-state index is -3.79. The van der Waals surface area contributed by atoms with Gasteiger partial charge < -0.3 is 5.32 Å². The van der Waals surface area contributed by atoms with Gasteiger partial charge in [0.05, 0.1) is 21.8 Å². The summed E-state index contributed by atoms with van der Waals surface area (Å²) in [6.45, 7) is 0. The summed E-state index contributed by atoms with van der Waals surface area (Å²) in [5, 5.41) is 2.77. The molecule has 132 valence electrons. The first-order valence-electron chi connectivity index (χ1n) is 7.70. The number of sulfonamides is 1. The van der Waals surface area contributed by atoms with Gasteiger partial charge in [-0.3, -0.25) is 9.52 Å². The normalized spacial score (nSPS) is 11.0. The summed E-state index contributed by atoms with van der Waals surface area (Å²) in [6, 6.07) is 21.6. The molecule has 0 aliphatic carbocycles. The van der Waals surface area contributed by atoms with Crippen LogP contribution in [0.5, 0.6) is 0 Å². The molecule has 0 aliphatic rings. The smallest absolute Gasteiger partial charge is 0.261 e. The van der Waals surface area contributed by atoms with E-state index in [-0.39, 0.29) is 16.1 Å². The predicted molar refractivity (Wildman–Crippen MR) is 106 cm³/mol. The van der Waals surface area contributed by atoms with Crippen LogP contribution in [0.3, 0.4) is 0 Å². The Balaban J connectivity index is 1.89. The molecule has 26 heavy (non-hydrogen) atoms. The lowest BCUT2D eigenvalue weighted by Crippen LogP contribution is -2.18. The quantitative estimate of drug-likeness (QED) is 0.625. The topological polar surface area (TPSA) is 75.3 Å². The maximum atomic E-state index is 12.6. The van der Waals surface area contributed by atoms with Gasteiger partial charge in [0.25, 0.3) is 15.9 Å². The first-order valence-corrected chi connectivity index (χ1v) is 9.98. The van der Waals surface area contributed by atoms with Gasteiger partial charge in [0.15, 0.2) is 0 Å². The summed E-state index contributed by atoms with van der Waals surface area (Å²) >= 11 is 3.37. The maximum Gasteiger partial charge on any atom is 0.261 e. The van der Waals surface area contributed by atoms with E-state index in [1.165, 1.54) is 12.1 Å². The van der Waals surface area contributed by atoms with E-state index in [1.54, 1.807) is 60.7 Å². The highest BCUT2D eigenvalue weighted by molar-refractivity contribution is 9.10. The van der Waals surface area contributed by atoms with Crippen LogP contribution >= 0.6 is 15.9 Å². The van der Waals surface area contributed by atoms with Crippen molar-refractivity contribution in [2.24, 2.45) is 0 Å². The Morgan fingerprint density at radius 2 is 1.35 bits per heavy atom. The number of nitrogens with one attached hydrogen (secondary N) is 2. The van der Waals surface area contributed by atoms with Crippen LogP contribution in [0.25, 0.3) is 0 Å². The zero-order valence-corrected chi connectivity index (χ0v) is 15.9. The second-order valence-electron chi connectivity index (χ2n) is 5.40. The van der Waals surface area contributed by atoms with Crippen LogP contribution < -0.4 is 10.0 Å². The van der Waals surface area contributed by atoms with Crippen molar-refractivity contribution in [2.45, 2.75) is 4.90 Å². The first-order chi connectivity index (χ1) is 12.5. The van der Waals surface area contributed by atoms with Gasteiger partial charge in [0.2, 0.25) is 0 Å². The second kappa shape index (κ2) is 7.72. The first kappa shape index (κ1) is 18.2. The molecule has 0 unspecified atom stereocenters. The number of halogens is 1. The van der Waals surface area contributed by atoms with Crippen molar-refractivity contribution in [1.29, 1.82) is 0 Å². The summed E-state index contributed by atoms with van der Waals surface area (Å²) in [4.78, 5) is 12.8. The molecule has 0 fully saturated rings. The summed E-state index contributed by atoms with van der Waals surface area (Å²) < 4.78 is 28.3. The molecule has 0 saturated carbocycles. The van der Waals surface area contributed by atoms with E-state index < -0.39 is 15.9 Å². The van der Waals surface area contributed by atoms with E-state index in [0.717, 1.165) is 4.47 Å². The molecule has 7 heteroatoms. The lowest BCUT2D eigenvalue weighted by atomic mass is 10.1. The van der Waals surface area contributed by atoms with Gasteiger partial charge in [-0.1, -0.05) is 42.5 Å². The third-order valence-electron chi connectivity index (χ3n) is 3.59. The van der Waals surface area contributed by atoms with Crippen LogP contribution in [0.4, 0.5) is 11.4 Å². The highest BCUT2D eigenvalue weighted by atomic mass is 79.9. The Labute approximate surface area is 160 Å². The van der Waals surface area contributed by atoms with Crippen LogP contribution in [0.1, 0.15) is 10.4 Å². The largest absolute Gasteiger partial charge is 0.321 e. The zero-order valence-electron chi connectivity index (χ0n) is 13.5. The molecule has 0 atom stereocenters. The number of anilines is 2. The van der Waals surface area contributed by atoms with Gasteiger partial charge >= 0.3 is 0 Å². The van der Waals surface area contributed by atoms with Crippen molar-refractivity contribution in [3.8, 4) is 0 Å². The third-order valence-corrected chi connectivity index (χ3v) is 5.66. The summed E-state index contributed by atoms with van der Waals surface area (Å²) in [5.41, 5.74) is 1.03. The monoisotopic (exact) mass is 430 g/mol. The van der Waals surface area contributed by atoms with E-state index in [2.05, 4.69) is 26.0 Å². The summed E-state index contributed by atoms with van der Waals surface area (Å²) in [6.07, 6.45) is 0. The molecule has 1 amide bonds. The molecular weight excluding hydrogens is 416 g/mol. The van der Waals surface area contributed by atoms with Crippen LogP contribution in [0.2, 0.25) is 0 Å². The second-order valence-corrected chi connectivity index (χ2v) is 7.93. The van der Waals surface area contributed by atoms with Crippen molar-refractivity contribution in [1.82, 2.24) is 0 Å². The molecule has 0 spiro atoms. The molecule has 3 aromatic carbocycles. The van der Waals surface area contributed by atoms with Crippen molar-refractivity contribution in [2.75, 3.05) is 10.0 Å². The fourth-order valence-corrected chi connectivity index (χ4v) is 3.81. The Morgan fingerprint density at radius 1 is 0.769 bits per heavy atom. The number of amides is 1. The van der Waals surface area contributed by atoms with Crippen molar-refractivity contribution in [3.05, 3.63) is 88.9 Å². The molecule has 2 N–H and O–H groups in total. The molecule has 0 radical (unpaired) electrons. The third kappa shape index (κ3) is 4.12. The Hall–Kier alpha value is -2.64. The van der Waals surface area contributed by atoms with Crippen molar-refractivity contribution < 1.29 is 13.2 Å². The minimum Gasteiger partial charge on any atom is -0.321 e. The lowest BCUT2D eigenvalue weighted by molar-refractivity contribution is 0.102. The van der Waals surface area contributed by atoms with Crippen LogP contribution in [-0.4, -0.2) is 14.3 Å². The van der Waals surface area contributed by atoms with E-state index in [9.17, 15) is 13.2 Å². The highest BCUT2D eigenvalue weighted by Crippen LogP contribution is 2.24.